The predicted molar refractivity (Wildman–Crippen MR) is 56.6 cm³/mol. The molecule has 0 amide bonds. The summed E-state index contributed by atoms with van der Waals surface area (Å²) < 4.78 is 1.89. The van der Waals surface area contributed by atoms with Crippen molar-refractivity contribution < 1.29 is 0 Å². The molecule has 0 aliphatic rings. The minimum absolute atomic E-state index is 0. The Balaban J connectivity index is 0.000000720. The van der Waals surface area contributed by atoms with E-state index in [1.807, 2.05) is 23.6 Å². The Morgan fingerprint density at radius 3 is 2.69 bits per heavy atom. The number of rotatable bonds is 0. The minimum atomic E-state index is 0. The van der Waals surface area contributed by atoms with E-state index >= 15 is 0 Å². The number of hydrogen-bond acceptors (Lipinski definition) is 3. The molecule has 2 heterocycles. The average molecular weight is 221 g/mol. The SMILES string of the molecule is Cc1nnc2cc(N)ccn12.Cl.Cl. The fourth-order valence-electron chi connectivity index (χ4n) is 1.03. The van der Waals surface area contributed by atoms with Crippen molar-refractivity contribution in [1.29, 1.82) is 0 Å². The molecule has 0 aliphatic heterocycles. The third-order valence-corrected chi connectivity index (χ3v) is 1.60. The van der Waals surface area contributed by atoms with Crippen molar-refractivity contribution >= 4 is 36.1 Å². The first-order valence-electron chi connectivity index (χ1n) is 3.34. The number of hydrogen-bond donors (Lipinski definition) is 1. The topological polar surface area (TPSA) is 56.2 Å². The van der Waals surface area contributed by atoms with Crippen LogP contribution in [0.25, 0.3) is 5.65 Å². The van der Waals surface area contributed by atoms with Crippen LogP contribution in [0, 0.1) is 6.92 Å². The van der Waals surface area contributed by atoms with Gasteiger partial charge in [0.1, 0.15) is 5.82 Å². The molecule has 0 fully saturated rings. The van der Waals surface area contributed by atoms with Crippen molar-refractivity contribution in [2.75, 3.05) is 5.73 Å². The zero-order valence-corrected chi connectivity index (χ0v) is 8.60. The van der Waals surface area contributed by atoms with Gasteiger partial charge in [-0.05, 0) is 13.0 Å². The molecule has 13 heavy (non-hydrogen) atoms. The van der Waals surface area contributed by atoms with Crippen LogP contribution < -0.4 is 5.73 Å². The highest BCUT2D eigenvalue weighted by Crippen LogP contribution is 2.06. The van der Waals surface area contributed by atoms with E-state index in [1.54, 1.807) is 6.07 Å². The zero-order valence-electron chi connectivity index (χ0n) is 6.97. The lowest BCUT2D eigenvalue weighted by atomic mass is 10.4. The second-order valence-corrected chi connectivity index (χ2v) is 2.44. The van der Waals surface area contributed by atoms with Crippen LogP contribution in [0.1, 0.15) is 5.82 Å². The highest BCUT2D eigenvalue weighted by molar-refractivity contribution is 5.85. The molecular weight excluding hydrogens is 211 g/mol. The molecule has 0 aliphatic carbocycles. The van der Waals surface area contributed by atoms with Gasteiger partial charge in [-0.15, -0.1) is 35.0 Å². The maximum absolute atomic E-state index is 5.55. The molecule has 0 saturated carbocycles. The minimum Gasteiger partial charge on any atom is -0.399 e. The molecule has 0 saturated heterocycles. The summed E-state index contributed by atoms with van der Waals surface area (Å²) >= 11 is 0. The number of nitrogens with zero attached hydrogens (tertiary/aromatic N) is 3. The van der Waals surface area contributed by atoms with Crippen LogP contribution in [0.5, 0.6) is 0 Å². The van der Waals surface area contributed by atoms with Gasteiger partial charge in [-0.1, -0.05) is 0 Å². The first-order valence-corrected chi connectivity index (χ1v) is 3.34. The van der Waals surface area contributed by atoms with E-state index in [4.69, 9.17) is 5.73 Å². The summed E-state index contributed by atoms with van der Waals surface area (Å²) in [5, 5.41) is 7.81. The number of anilines is 1. The highest BCUT2D eigenvalue weighted by Gasteiger charge is 1.98. The zero-order chi connectivity index (χ0) is 7.84. The normalized spacial score (nSPS) is 9.00. The van der Waals surface area contributed by atoms with Gasteiger partial charge < -0.3 is 5.73 Å². The summed E-state index contributed by atoms with van der Waals surface area (Å²) in [6.45, 7) is 1.90. The summed E-state index contributed by atoms with van der Waals surface area (Å²) in [5.74, 6) is 0.875. The lowest BCUT2D eigenvalue weighted by Crippen LogP contribution is -1.90. The second kappa shape index (κ2) is 4.30. The van der Waals surface area contributed by atoms with Gasteiger partial charge in [-0.2, -0.15) is 0 Å². The van der Waals surface area contributed by atoms with Crippen molar-refractivity contribution in [3.8, 4) is 0 Å². The molecule has 0 atom stereocenters. The van der Waals surface area contributed by atoms with E-state index in [0.717, 1.165) is 11.5 Å². The smallest absolute Gasteiger partial charge is 0.162 e. The van der Waals surface area contributed by atoms with E-state index in [2.05, 4.69) is 10.2 Å². The summed E-state index contributed by atoms with van der Waals surface area (Å²) in [7, 11) is 0. The molecule has 0 unspecified atom stereocenters. The molecule has 0 bridgehead atoms. The molecule has 2 N–H and O–H groups in total. The molecule has 2 aromatic rings. The van der Waals surface area contributed by atoms with E-state index in [9.17, 15) is 0 Å². The lowest BCUT2D eigenvalue weighted by molar-refractivity contribution is 1.01. The monoisotopic (exact) mass is 220 g/mol. The quantitative estimate of drug-likeness (QED) is 0.732. The van der Waals surface area contributed by atoms with Gasteiger partial charge in [0.15, 0.2) is 5.65 Å². The van der Waals surface area contributed by atoms with Gasteiger partial charge in [0.2, 0.25) is 0 Å². The largest absolute Gasteiger partial charge is 0.399 e. The highest BCUT2D eigenvalue weighted by atomic mass is 35.5. The summed E-state index contributed by atoms with van der Waals surface area (Å²) in [6, 6.07) is 3.61. The Bertz CT molecular complexity index is 398. The van der Waals surface area contributed by atoms with Gasteiger partial charge >= 0.3 is 0 Å². The Hall–Kier alpha value is -1.000. The Labute approximate surface area is 88.0 Å². The number of nitrogen functional groups attached to an aromatic ring is 1. The number of aryl methyl sites for hydroxylation is 1. The Morgan fingerprint density at radius 2 is 2.00 bits per heavy atom. The van der Waals surface area contributed by atoms with Crippen molar-refractivity contribution in [2.24, 2.45) is 0 Å². The van der Waals surface area contributed by atoms with E-state index in [-0.39, 0.29) is 24.8 Å². The van der Waals surface area contributed by atoms with Gasteiger partial charge in [0.05, 0.1) is 0 Å². The number of fused-ring (bicyclic) bond motifs is 1. The maximum atomic E-state index is 5.55. The van der Waals surface area contributed by atoms with Crippen molar-refractivity contribution in [1.82, 2.24) is 14.6 Å². The number of aromatic nitrogens is 3. The van der Waals surface area contributed by atoms with Crippen LogP contribution in [0.15, 0.2) is 18.3 Å². The fraction of sp³-hybridized carbons (Fsp3) is 0.143. The van der Waals surface area contributed by atoms with Gasteiger partial charge in [0.25, 0.3) is 0 Å². The molecule has 2 aromatic heterocycles. The Kier molecular flexibility index (Phi) is 3.97. The predicted octanol–water partition coefficient (Wildman–Crippen LogP) is 1.46. The summed E-state index contributed by atoms with van der Waals surface area (Å²) in [4.78, 5) is 0. The van der Waals surface area contributed by atoms with Gasteiger partial charge in [-0.25, -0.2) is 0 Å². The molecule has 0 spiro atoms. The van der Waals surface area contributed by atoms with Crippen LogP contribution >= 0.6 is 24.8 Å². The first-order chi connectivity index (χ1) is 5.27. The first kappa shape index (κ1) is 12.0. The average Bonchev–Trinajstić information content (AvgIpc) is 2.32. The molecule has 2 rings (SSSR count). The molecule has 6 heteroatoms. The van der Waals surface area contributed by atoms with Crippen molar-refractivity contribution in [3.05, 3.63) is 24.2 Å². The van der Waals surface area contributed by atoms with Crippen LogP contribution in [0.4, 0.5) is 5.69 Å². The molecule has 0 aromatic carbocycles. The molecular formula is C7H10Cl2N4. The molecule has 72 valence electrons. The summed E-state index contributed by atoms with van der Waals surface area (Å²) in [6.07, 6.45) is 1.86. The standard InChI is InChI=1S/C7H8N4.2ClH/c1-5-9-10-7-4-6(8)2-3-11(5)7;;/h2-4H,8H2,1H3;2*1H. The third-order valence-electron chi connectivity index (χ3n) is 1.60. The number of pyridine rings is 1. The number of nitrogens with two attached hydrogens (primary N) is 1. The summed E-state index contributed by atoms with van der Waals surface area (Å²) in [5.41, 5.74) is 7.06. The van der Waals surface area contributed by atoms with Crippen LogP contribution in [-0.4, -0.2) is 14.6 Å². The van der Waals surface area contributed by atoms with Crippen LogP contribution in [0.2, 0.25) is 0 Å². The number of halogens is 2. The maximum Gasteiger partial charge on any atom is 0.162 e. The van der Waals surface area contributed by atoms with Gasteiger partial charge in [0, 0.05) is 18.0 Å². The van der Waals surface area contributed by atoms with Gasteiger partial charge in [-0.3, -0.25) is 4.40 Å². The molecule has 4 nitrogen and oxygen atoms in total. The van der Waals surface area contributed by atoms with Crippen molar-refractivity contribution in [2.45, 2.75) is 6.92 Å². The van der Waals surface area contributed by atoms with Crippen LogP contribution in [0.3, 0.4) is 0 Å². The van der Waals surface area contributed by atoms with Crippen molar-refractivity contribution in [3.63, 3.8) is 0 Å². The third kappa shape index (κ3) is 2.02. The second-order valence-electron chi connectivity index (χ2n) is 2.44. The van der Waals surface area contributed by atoms with E-state index in [1.165, 1.54) is 0 Å². The lowest BCUT2D eigenvalue weighted by Gasteiger charge is -1.94. The molecule has 0 radical (unpaired) electrons. The van der Waals surface area contributed by atoms with E-state index < -0.39 is 0 Å². The Morgan fingerprint density at radius 1 is 1.31 bits per heavy atom. The fourth-order valence-corrected chi connectivity index (χ4v) is 1.03. The van der Waals surface area contributed by atoms with E-state index in [0.29, 0.717) is 5.69 Å². The van der Waals surface area contributed by atoms with Crippen LogP contribution in [-0.2, 0) is 0 Å².